The predicted molar refractivity (Wildman–Crippen MR) is 99.0 cm³/mol. The predicted octanol–water partition coefficient (Wildman–Crippen LogP) is 3.97. The molecule has 0 radical (unpaired) electrons. The van der Waals surface area contributed by atoms with Crippen molar-refractivity contribution < 1.29 is 22.4 Å². The number of aromatic nitrogens is 2. The lowest BCUT2D eigenvalue weighted by molar-refractivity contribution is -0.137. The Morgan fingerprint density at radius 2 is 1.83 bits per heavy atom. The van der Waals surface area contributed by atoms with Gasteiger partial charge in [0.05, 0.1) is 28.3 Å². The number of furan rings is 1. The summed E-state index contributed by atoms with van der Waals surface area (Å²) in [6.45, 7) is 0. The fourth-order valence-electron chi connectivity index (χ4n) is 3.17. The summed E-state index contributed by atoms with van der Waals surface area (Å²) in [5.41, 5.74) is 2.31. The number of amides is 1. The van der Waals surface area contributed by atoms with Crippen molar-refractivity contribution in [2.75, 3.05) is 0 Å². The van der Waals surface area contributed by atoms with Gasteiger partial charge < -0.3 is 15.1 Å². The van der Waals surface area contributed by atoms with Crippen molar-refractivity contribution in [1.29, 1.82) is 0 Å². The van der Waals surface area contributed by atoms with Gasteiger partial charge in [0.25, 0.3) is 11.5 Å². The largest absolute Gasteiger partial charge is 0.461 e. The molecule has 29 heavy (non-hydrogen) atoms. The molecule has 2 aromatic heterocycles. The molecule has 2 heterocycles. The Morgan fingerprint density at radius 3 is 2.41 bits per heavy atom. The topological polar surface area (TPSA) is 102 Å². The first-order chi connectivity index (χ1) is 13.8. The van der Waals surface area contributed by atoms with Crippen LogP contribution < -0.4 is 11.3 Å². The van der Waals surface area contributed by atoms with Crippen LogP contribution in [0.15, 0.2) is 64.0 Å². The molecule has 0 atom stereocenters. The first kappa shape index (κ1) is 18.5. The molecule has 0 aliphatic carbocycles. The van der Waals surface area contributed by atoms with Gasteiger partial charge in [-0.05, 0) is 29.3 Å². The minimum absolute atomic E-state index is 0.0160. The van der Waals surface area contributed by atoms with Gasteiger partial charge in [0.1, 0.15) is 0 Å². The van der Waals surface area contributed by atoms with Gasteiger partial charge in [-0.3, -0.25) is 9.59 Å². The van der Waals surface area contributed by atoms with Crippen LogP contribution in [-0.4, -0.2) is 15.9 Å². The first-order valence-electron chi connectivity index (χ1n) is 8.34. The van der Waals surface area contributed by atoms with Gasteiger partial charge in [-0.25, -0.2) is 4.98 Å². The molecule has 4 aromatic rings. The van der Waals surface area contributed by atoms with E-state index in [1.165, 1.54) is 18.4 Å². The highest BCUT2D eigenvalue weighted by Crippen LogP contribution is 2.39. The highest BCUT2D eigenvalue weighted by atomic mass is 19.4. The van der Waals surface area contributed by atoms with Gasteiger partial charge in [0, 0.05) is 0 Å². The molecule has 0 saturated carbocycles. The molecule has 6 nitrogen and oxygen atoms in total. The monoisotopic (exact) mass is 399 g/mol. The molecule has 0 fully saturated rings. The lowest BCUT2D eigenvalue weighted by Gasteiger charge is -2.16. The van der Waals surface area contributed by atoms with Crippen molar-refractivity contribution in [1.82, 2.24) is 9.97 Å². The number of nitrogens with two attached hydrogens (primary N) is 1. The number of benzene rings is 2. The van der Waals surface area contributed by atoms with Crippen molar-refractivity contribution in [2.24, 2.45) is 5.73 Å². The third-order valence-corrected chi connectivity index (χ3v) is 4.37. The van der Waals surface area contributed by atoms with E-state index in [4.69, 9.17) is 10.2 Å². The van der Waals surface area contributed by atoms with E-state index in [0.29, 0.717) is 5.56 Å². The number of rotatable bonds is 3. The number of carbonyl (C=O) groups is 1. The fraction of sp³-hybridized carbons (Fsp3) is 0.0500. The Morgan fingerprint density at radius 1 is 1.10 bits per heavy atom. The summed E-state index contributed by atoms with van der Waals surface area (Å²) in [5, 5.41) is -0.173. The van der Waals surface area contributed by atoms with Crippen molar-refractivity contribution in [3.05, 3.63) is 76.3 Å². The summed E-state index contributed by atoms with van der Waals surface area (Å²) < 4.78 is 46.5. The number of fused-ring (bicyclic) bond motifs is 1. The lowest BCUT2D eigenvalue weighted by atomic mass is 9.93. The van der Waals surface area contributed by atoms with Crippen molar-refractivity contribution in [3.63, 3.8) is 0 Å². The molecule has 146 valence electrons. The van der Waals surface area contributed by atoms with Gasteiger partial charge in [0.15, 0.2) is 11.6 Å². The third-order valence-electron chi connectivity index (χ3n) is 4.37. The van der Waals surface area contributed by atoms with E-state index in [2.05, 4.69) is 9.97 Å². The summed E-state index contributed by atoms with van der Waals surface area (Å²) in [6.07, 6.45) is -3.58. The average Bonchev–Trinajstić information content (AvgIpc) is 3.21. The highest BCUT2D eigenvalue weighted by Gasteiger charge is 2.38. The van der Waals surface area contributed by atoms with Crippen LogP contribution in [0.25, 0.3) is 33.6 Å². The van der Waals surface area contributed by atoms with Crippen molar-refractivity contribution in [2.45, 2.75) is 6.18 Å². The van der Waals surface area contributed by atoms with Crippen LogP contribution in [0, 0.1) is 0 Å². The molecular formula is C20H12F3N3O3. The average molecular weight is 399 g/mol. The Hall–Kier alpha value is -3.88. The van der Waals surface area contributed by atoms with E-state index in [1.54, 1.807) is 30.3 Å². The zero-order valence-corrected chi connectivity index (χ0v) is 14.6. The number of H-pyrrole nitrogens is 1. The fourth-order valence-corrected chi connectivity index (χ4v) is 3.17. The van der Waals surface area contributed by atoms with Crippen LogP contribution in [-0.2, 0) is 6.18 Å². The molecule has 2 aromatic carbocycles. The maximum absolute atomic E-state index is 13.8. The summed E-state index contributed by atoms with van der Waals surface area (Å²) in [7, 11) is 0. The Bertz CT molecular complexity index is 1280. The number of nitrogens with zero attached hydrogens (tertiary/aromatic N) is 1. The molecule has 9 heteroatoms. The SMILES string of the molecule is NC(=O)c1c(C(F)(F)F)cc(-c2ccccc2)c2c(=O)[nH]c(-c3ccco3)nc12. The number of aromatic amines is 1. The molecule has 0 spiro atoms. The van der Waals surface area contributed by atoms with Crippen LogP contribution in [0.1, 0.15) is 15.9 Å². The van der Waals surface area contributed by atoms with E-state index in [1.807, 2.05) is 0 Å². The van der Waals surface area contributed by atoms with Crippen molar-refractivity contribution >= 4 is 16.8 Å². The lowest BCUT2D eigenvalue weighted by Crippen LogP contribution is -2.22. The number of hydrogen-bond acceptors (Lipinski definition) is 4. The summed E-state index contributed by atoms with van der Waals surface area (Å²) in [4.78, 5) is 31.4. The first-order valence-corrected chi connectivity index (χ1v) is 8.34. The quantitative estimate of drug-likeness (QED) is 0.544. The summed E-state index contributed by atoms with van der Waals surface area (Å²) in [6, 6.07) is 11.8. The van der Waals surface area contributed by atoms with Crippen LogP contribution in [0.5, 0.6) is 0 Å². The molecule has 4 rings (SSSR count). The molecule has 0 aliphatic heterocycles. The number of primary amides is 1. The third kappa shape index (κ3) is 3.16. The van der Waals surface area contributed by atoms with Gasteiger partial charge >= 0.3 is 6.18 Å². The van der Waals surface area contributed by atoms with E-state index in [-0.39, 0.29) is 22.5 Å². The maximum atomic E-state index is 13.8. The van der Waals surface area contributed by atoms with E-state index in [0.717, 1.165) is 6.07 Å². The van der Waals surface area contributed by atoms with Crippen LogP contribution in [0.3, 0.4) is 0 Å². The number of halogens is 3. The molecule has 0 unspecified atom stereocenters. The number of nitrogens with one attached hydrogen (secondary N) is 1. The zero-order chi connectivity index (χ0) is 20.8. The maximum Gasteiger partial charge on any atom is 0.417 e. The van der Waals surface area contributed by atoms with Gasteiger partial charge in [0.2, 0.25) is 0 Å². The van der Waals surface area contributed by atoms with E-state index in [9.17, 15) is 22.8 Å². The van der Waals surface area contributed by atoms with Crippen molar-refractivity contribution in [3.8, 4) is 22.7 Å². The van der Waals surface area contributed by atoms with Crippen LogP contribution in [0.4, 0.5) is 13.2 Å². The second-order valence-electron chi connectivity index (χ2n) is 6.19. The van der Waals surface area contributed by atoms with Crippen LogP contribution >= 0.6 is 0 Å². The van der Waals surface area contributed by atoms with E-state index >= 15 is 0 Å². The normalized spacial score (nSPS) is 11.7. The summed E-state index contributed by atoms with van der Waals surface area (Å²) >= 11 is 0. The second-order valence-corrected chi connectivity index (χ2v) is 6.19. The second kappa shape index (κ2) is 6.62. The molecule has 1 amide bonds. The molecular weight excluding hydrogens is 387 g/mol. The molecule has 3 N–H and O–H groups in total. The Labute approximate surface area is 160 Å². The molecule has 0 saturated heterocycles. The van der Waals surface area contributed by atoms with E-state index < -0.39 is 34.3 Å². The minimum Gasteiger partial charge on any atom is -0.461 e. The zero-order valence-electron chi connectivity index (χ0n) is 14.6. The van der Waals surface area contributed by atoms with Gasteiger partial charge in [-0.2, -0.15) is 13.2 Å². The highest BCUT2D eigenvalue weighted by molar-refractivity contribution is 6.10. The smallest absolute Gasteiger partial charge is 0.417 e. The Balaban J connectivity index is 2.21. The molecule has 0 aliphatic rings. The number of carbonyl (C=O) groups excluding carboxylic acids is 1. The minimum atomic E-state index is -4.89. The standard InChI is InChI=1S/C20H12F3N3O3/c21-20(22,23)12-9-11(10-5-2-1-3-6-10)14-16(15(12)17(24)27)25-18(26-19(14)28)13-7-4-8-29-13/h1-9H,(H2,24,27)(H,25,26,28). The number of hydrogen-bond donors (Lipinski definition) is 2. The molecule has 0 bridgehead atoms. The van der Waals surface area contributed by atoms with Gasteiger partial charge in [-0.1, -0.05) is 30.3 Å². The van der Waals surface area contributed by atoms with Crippen LogP contribution in [0.2, 0.25) is 0 Å². The summed E-state index contributed by atoms with van der Waals surface area (Å²) in [5.74, 6) is -1.34. The van der Waals surface area contributed by atoms with Gasteiger partial charge in [-0.15, -0.1) is 0 Å². The Kier molecular flexibility index (Phi) is 4.22. The number of alkyl halides is 3.